The standard InChI is InChI=1S/C13H24N4O/c1-6-14-12-8-13(16-11(4)15-12)17(7-2)10(3)9-18-5/h8,10H,6-7,9H2,1-5H3,(H,14,15,16). The Kier molecular flexibility index (Phi) is 5.85. The summed E-state index contributed by atoms with van der Waals surface area (Å²) in [7, 11) is 1.72. The number of likely N-dealkylation sites (N-methyl/N-ethyl adjacent to an activating group) is 1. The van der Waals surface area contributed by atoms with Gasteiger partial charge in [0.15, 0.2) is 0 Å². The molecule has 5 heteroatoms. The maximum atomic E-state index is 5.22. The molecule has 5 nitrogen and oxygen atoms in total. The molecule has 0 spiro atoms. The first-order valence-electron chi connectivity index (χ1n) is 6.47. The maximum absolute atomic E-state index is 5.22. The molecular formula is C13H24N4O. The monoisotopic (exact) mass is 252 g/mol. The van der Waals surface area contributed by atoms with Gasteiger partial charge in [0.05, 0.1) is 12.6 Å². The number of aryl methyl sites for hydroxylation is 1. The third kappa shape index (κ3) is 3.84. The zero-order chi connectivity index (χ0) is 13.5. The first-order valence-corrected chi connectivity index (χ1v) is 6.47. The Bertz CT molecular complexity index is 370. The molecule has 1 heterocycles. The summed E-state index contributed by atoms with van der Waals surface area (Å²) in [6.45, 7) is 10.7. The molecule has 1 unspecified atom stereocenters. The molecule has 0 radical (unpaired) electrons. The summed E-state index contributed by atoms with van der Waals surface area (Å²) in [6.07, 6.45) is 0. The molecule has 1 aromatic heterocycles. The summed E-state index contributed by atoms with van der Waals surface area (Å²) >= 11 is 0. The molecule has 1 aromatic rings. The number of aromatic nitrogens is 2. The van der Waals surface area contributed by atoms with Crippen molar-refractivity contribution in [2.75, 3.05) is 37.0 Å². The minimum absolute atomic E-state index is 0.295. The fourth-order valence-corrected chi connectivity index (χ4v) is 2.00. The van der Waals surface area contributed by atoms with Gasteiger partial charge >= 0.3 is 0 Å². The van der Waals surface area contributed by atoms with Gasteiger partial charge in [-0.05, 0) is 27.7 Å². The summed E-state index contributed by atoms with van der Waals surface area (Å²) in [5, 5.41) is 3.23. The Morgan fingerprint density at radius 3 is 2.67 bits per heavy atom. The van der Waals surface area contributed by atoms with E-state index in [0.717, 1.165) is 30.5 Å². The largest absolute Gasteiger partial charge is 0.383 e. The number of hydrogen-bond acceptors (Lipinski definition) is 5. The van der Waals surface area contributed by atoms with Gasteiger partial charge in [-0.25, -0.2) is 9.97 Å². The fourth-order valence-electron chi connectivity index (χ4n) is 2.00. The molecule has 1 N–H and O–H groups in total. The summed E-state index contributed by atoms with van der Waals surface area (Å²) in [6, 6.07) is 2.29. The third-order valence-electron chi connectivity index (χ3n) is 2.76. The van der Waals surface area contributed by atoms with Crippen LogP contribution in [0.25, 0.3) is 0 Å². The van der Waals surface area contributed by atoms with E-state index in [2.05, 4.69) is 41.0 Å². The van der Waals surface area contributed by atoms with E-state index in [1.54, 1.807) is 7.11 Å². The van der Waals surface area contributed by atoms with Crippen LogP contribution in [0.5, 0.6) is 0 Å². The SMILES string of the molecule is CCNc1cc(N(CC)C(C)COC)nc(C)n1. The summed E-state index contributed by atoms with van der Waals surface area (Å²) in [5.41, 5.74) is 0. The van der Waals surface area contributed by atoms with E-state index in [-0.39, 0.29) is 0 Å². The molecule has 0 aliphatic heterocycles. The number of nitrogens with zero attached hydrogens (tertiary/aromatic N) is 3. The lowest BCUT2D eigenvalue weighted by molar-refractivity contribution is 0.181. The molecule has 0 saturated heterocycles. The van der Waals surface area contributed by atoms with E-state index >= 15 is 0 Å². The van der Waals surface area contributed by atoms with Crippen LogP contribution in [0.1, 0.15) is 26.6 Å². The minimum Gasteiger partial charge on any atom is -0.383 e. The molecule has 0 aliphatic carbocycles. The Morgan fingerprint density at radius 1 is 1.39 bits per heavy atom. The molecule has 1 atom stereocenters. The Morgan fingerprint density at radius 2 is 2.11 bits per heavy atom. The van der Waals surface area contributed by atoms with Crippen LogP contribution in [0, 0.1) is 6.92 Å². The number of rotatable bonds is 7. The van der Waals surface area contributed by atoms with Crippen LogP contribution in [0.15, 0.2) is 6.07 Å². The molecule has 0 saturated carbocycles. The average molecular weight is 252 g/mol. The maximum Gasteiger partial charge on any atom is 0.134 e. The second-order valence-electron chi connectivity index (χ2n) is 4.28. The predicted molar refractivity (Wildman–Crippen MR) is 75.3 cm³/mol. The van der Waals surface area contributed by atoms with Crippen LogP contribution in [-0.2, 0) is 4.74 Å². The van der Waals surface area contributed by atoms with Gasteiger partial charge in [0.2, 0.25) is 0 Å². The van der Waals surface area contributed by atoms with Crippen LogP contribution in [-0.4, -0.2) is 42.8 Å². The molecule has 0 bridgehead atoms. The van der Waals surface area contributed by atoms with Crippen molar-refractivity contribution in [2.24, 2.45) is 0 Å². The zero-order valence-corrected chi connectivity index (χ0v) is 12.0. The van der Waals surface area contributed by atoms with Crippen molar-refractivity contribution in [2.45, 2.75) is 33.7 Å². The van der Waals surface area contributed by atoms with Gasteiger partial charge in [0.25, 0.3) is 0 Å². The topological polar surface area (TPSA) is 50.3 Å². The van der Waals surface area contributed by atoms with Gasteiger partial charge < -0.3 is 15.0 Å². The first kappa shape index (κ1) is 14.7. The second-order valence-corrected chi connectivity index (χ2v) is 4.28. The van der Waals surface area contributed by atoms with Crippen molar-refractivity contribution >= 4 is 11.6 Å². The van der Waals surface area contributed by atoms with Gasteiger partial charge in [-0.15, -0.1) is 0 Å². The molecule has 0 aromatic carbocycles. The second kappa shape index (κ2) is 7.16. The third-order valence-corrected chi connectivity index (χ3v) is 2.76. The Balaban J connectivity index is 2.97. The number of methoxy groups -OCH3 is 1. The van der Waals surface area contributed by atoms with Gasteiger partial charge in [0, 0.05) is 26.3 Å². The van der Waals surface area contributed by atoms with Crippen LogP contribution in [0.2, 0.25) is 0 Å². The molecule has 0 aliphatic rings. The molecule has 102 valence electrons. The predicted octanol–water partition coefficient (Wildman–Crippen LogP) is 2.08. The highest BCUT2D eigenvalue weighted by Gasteiger charge is 2.15. The molecule has 0 fully saturated rings. The number of hydrogen-bond donors (Lipinski definition) is 1. The normalized spacial score (nSPS) is 12.3. The van der Waals surface area contributed by atoms with Crippen LogP contribution in [0.4, 0.5) is 11.6 Å². The highest BCUT2D eigenvalue weighted by molar-refractivity contribution is 5.49. The van der Waals surface area contributed by atoms with E-state index in [4.69, 9.17) is 4.74 Å². The van der Waals surface area contributed by atoms with Gasteiger partial charge in [-0.2, -0.15) is 0 Å². The summed E-state index contributed by atoms with van der Waals surface area (Å²) in [4.78, 5) is 11.1. The lowest BCUT2D eigenvalue weighted by Crippen LogP contribution is -2.37. The summed E-state index contributed by atoms with van der Waals surface area (Å²) in [5.74, 6) is 2.61. The molecule has 0 amide bonds. The average Bonchev–Trinajstić information content (AvgIpc) is 2.30. The lowest BCUT2D eigenvalue weighted by atomic mass is 10.3. The van der Waals surface area contributed by atoms with Gasteiger partial charge in [-0.1, -0.05) is 0 Å². The molecular weight excluding hydrogens is 228 g/mol. The van der Waals surface area contributed by atoms with Crippen molar-refractivity contribution < 1.29 is 4.74 Å². The van der Waals surface area contributed by atoms with E-state index in [0.29, 0.717) is 12.6 Å². The first-order chi connectivity index (χ1) is 8.62. The van der Waals surface area contributed by atoms with E-state index in [9.17, 15) is 0 Å². The van der Waals surface area contributed by atoms with Crippen LogP contribution in [0.3, 0.4) is 0 Å². The van der Waals surface area contributed by atoms with E-state index in [1.165, 1.54) is 0 Å². The Labute approximate surface area is 110 Å². The number of ether oxygens (including phenoxy) is 1. The quantitative estimate of drug-likeness (QED) is 0.805. The van der Waals surface area contributed by atoms with Crippen molar-refractivity contribution in [1.82, 2.24) is 9.97 Å². The van der Waals surface area contributed by atoms with Crippen LogP contribution >= 0.6 is 0 Å². The van der Waals surface area contributed by atoms with E-state index < -0.39 is 0 Å². The van der Waals surface area contributed by atoms with Crippen LogP contribution < -0.4 is 10.2 Å². The highest BCUT2D eigenvalue weighted by atomic mass is 16.5. The highest BCUT2D eigenvalue weighted by Crippen LogP contribution is 2.18. The Hall–Kier alpha value is -1.36. The van der Waals surface area contributed by atoms with Crippen molar-refractivity contribution in [3.05, 3.63) is 11.9 Å². The fraction of sp³-hybridized carbons (Fsp3) is 0.692. The molecule has 18 heavy (non-hydrogen) atoms. The number of nitrogens with one attached hydrogen (secondary N) is 1. The smallest absolute Gasteiger partial charge is 0.134 e. The van der Waals surface area contributed by atoms with Crippen molar-refractivity contribution in [3.63, 3.8) is 0 Å². The number of anilines is 2. The van der Waals surface area contributed by atoms with Gasteiger partial charge in [-0.3, -0.25) is 0 Å². The van der Waals surface area contributed by atoms with Gasteiger partial charge in [0.1, 0.15) is 17.5 Å². The molecule has 1 rings (SSSR count). The lowest BCUT2D eigenvalue weighted by Gasteiger charge is -2.29. The van der Waals surface area contributed by atoms with E-state index in [1.807, 2.05) is 13.0 Å². The van der Waals surface area contributed by atoms with Crippen molar-refractivity contribution in [1.29, 1.82) is 0 Å². The summed E-state index contributed by atoms with van der Waals surface area (Å²) < 4.78 is 5.22. The zero-order valence-electron chi connectivity index (χ0n) is 12.0. The minimum atomic E-state index is 0.295. The van der Waals surface area contributed by atoms with Crippen molar-refractivity contribution in [3.8, 4) is 0 Å².